The van der Waals surface area contributed by atoms with Gasteiger partial charge in [0, 0.05) is 19.1 Å². The van der Waals surface area contributed by atoms with Gasteiger partial charge >= 0.3 is 0 Å². The molecule has 0 spiro atoms. The van der Waals surface area contributed by atoms with Crippen molar-refractivity contribution in [3.63, 3.8) is 0 Å². The molecule has 0 aromatic carbocycles. The molecular weight excluding hydrogens is 248 g/mol. The number of nitrogens with zero attached hydrogens (tertiary/aromatic N) is 1. The van der Waals surface area contributed by atoms with Gasteiger partial charge in [-0.3, -0.25) is 0 Å². The molecular formula is C17H36N2O. The van der Waals surface area contributed by atoms with E-state index in [-0.39, 0.29) is 0 Å². The quantitative estimate of drug-likeness (QED) is 0.684. The molecule has 1 aliphatic rings. The Balaban J connectivity index is 2.57. The van der Waals surface area contributed by atoms with E-state index in [0.29, 0.717) is 24.4 Å². The van der Waals surface area contributed by atoms with Gasteiger partial charge in [0.15, 0.2) is 0 Å². The predicted molar refractivity (Wildman–Crippen MR) is 86.7 cm³/mol. The van der Waals surface area contributed by atoms with Gasteiger partial charge in [-0.15, -0.1) is 0 Å². The Hall–Kier alpha value is -0.120. The van der Waals surface area contributed by atoms with Crippen molar-refractivity contribution < 1.29 is 5.11 Å². The summed E-state index contributed by atoms with van der Waals surface area (Å²) in [7, 11) is 0. The normalized spacial score (nSPS) is 27.1. The van der Waals surface area contributed by atoms with Crippen LogP contribution in [0.1, 0.15) is 66.2 Å². The lowest BCUT2D eigenvalue weighted by Crippen LogP contribution is -2.44. The molecule has 3 nitrogen and oxygen atoms in total. The van der Waals surface area contributed by atoms with Gasteiger partial charge in [-0.05, 0) is 50.5 Å². The van der Waals surface area contributed by atoms with Crippen molar-refractivity contribution in [1.29, 1.82) is 0 Å². The molecule has 0 aromatic heterocycles. The van der Waals surface area contributed by atoms with Crippen LogP contribution < -0.4 is 5.73 Å². The molecule has 0 aromatic rings. The maximum Gasteiger partial charge on any atom is 0.0797 e. The lowest BCUT2D eigenvalue weighted by molar-refractivity contribution is 0.00210. The molecule has 20 heavy (non-hydrogen) atoms. The van der Waals surface area contributed by atoms with E-state index in [1.165, 1.54) is 19.4 Å². The zero-order chi connectivity index (χ0) is 15.2. The van der Waals surface area contributed by atoms with Gasteiger partial charge in [0.05, 0.1) is 5.60 Å². The molecule has 1 saturated carbocycles. The summed E-state index contributed by atoms with van der Waals surface area (Å²) in [5, 5.41) is 10.6. The number of hydrogen-bond acceptors (Lipinski definition) is 3. The standard InChI is InChI=1S/C17H36N2O/c1-5-16(6-2)19(12-14(3)4)11-9-15-8-7-10-17(15,20)13-18/h14-16,20H,5-13,18H2,1-4H3. The fourth-order valence-electron chi connectivity index (χ4n) is 3.83. The van der Waals surface area contributed by atoms with Crippen LogP contribution in [-0.4, -0.2) is 41.3 Å². The highest BCUT2D eigenvalue weighted by Crippen LogP contribution is 2.37. The van der Waals surface area contributed by atoms with Crippen molar-refractivity contribution in [2.45, 2.75) is 77.9 Å². The minimum absolute atomic E-state index is 0.400. The Kier molecular flexibility index (Phi) is 7.49. The molecule has 2 atom stereocenters. The highest BCUT2D eigenvalue weighted by Gasteiger charge is 2.39. The van der Waals surface area contributed by atoms with Gasteiger partial charge in [0.1, 0.15) is 0 Å². The van der Waals surface area contributed by atoms with Crippen LogP contribution in [0.5, 0.6) is 0 Å². The second kappa shape index (κ2) is 8.35. The predicted octanol–water partition coefficient (Wildman–Crippen LogP) is 3.01. The summed E-state index contributed by atoms with van der Waals surface area (Å²) in [6, 6.07) is 0.685. The van der Waals surface area contributed by atoms with Gasteiger partial charge < -0.3 is 15.7 Å². The van der Waals surface area contributed by atoms with Crippen molar-refractivity contribution in [1.82, 2.24) is 4.90 Å². The molecule has 0 heterocycles. The minimum atomic E-state index is -0.586. The van der Waals surface area contributed by atoms with Crippen molar-refractivity contribution in [2.24, 2.45) is 17.6 Å². The van der Waals surface area contributed by atoms with Crippen LogP contribution in [0, 0.1) is 11.8 Å². The molecule has 0 aliphatic heterocycles. The first kappa shape index (κ1) is 17.9. The summed E-state index contributed by atoms with van der Waals surface area (Å²) in [4.78, 5) is 2.64. The first-order chi connectivity index (χ1) is 9.46. The lowest BCUT2D eigenvalue weighted by atomic mass is 9.88. The SMILES string of the molecule is CCC(CC)N(CCC1CCCC1(O)CN)CC(C)C. The third kappa shape index (κ3) is 4.71. The Morgan fingerprint density at radius 1 is 1.30 bits per heavy atom. The van der Waals surface area contributed by atoms with Crippen LogP contribution in [0.4, 0.5) is 0 Å². The first-order valence-corrected chi connectivity index (χ1v) is 8.63. The topological polar surface area (TPSA) is 49.5 Å². The fraction of sp³-hybridized carbons (Fsp3) is 1.00. The van der Waals surface area contributed by atoms with E-state index >= 15 is 0 Å². The Bertz CT molecular complexity index is 266. The smallest absolute Gasteiger partial charge is 0.0797 e. The van der Waals surface area contributed by atoms with Crippen LogP contribution in [-0.2, 0) is 0 Å². The number of hydrogen-bond donors (Lipinski definition) is 2. The Labute approximate surface area is 125 Å². The fourth-order valence-corrected chi connectivity index (χ4v) is 3.83. The second-order valence-electron chi connectivity index (χ2n) is 7.04. The van der Waals surface area contributed by atoms with Crippen LogP contribution in [0.2, 0.25) is 0 Å². The molecule has 1 fully saturated rings. The highest BCUT2D eigenvalue weighted by molar-refractivity contribution is 4.93. The van der Waals surface area contributed by atoms with Crippen molar-refractivity contribution >= 4 is 0 Å². The second-order valence-corrected chi connectivity index (χ2v) is 7.04. The van der Waals surface area contributed by atoms with Gasteiger partial charge in [-0.2, -0.15) is 0 Å². The molecule has 3 heteroatoms. The zero-order valence-corrected chi connectivity index (χ0v) is 14.1. The molecule has 3 N–H and O–H groups in total. The third-order valence-electron chi connectivity index (χ3n) is 5.10. The molecule has 1 rings (SSSR count). The van der Waals surface area contributed by atoms with E-state index in [2.05, 4.69) is 32.6 Å². The average molecular weight is 284 g/mol. The van der Waals surface area contributed by atoms with Gasteiger partial charge in [0.2, 0.25) is 0 Å². The number of rotatable bonds is 9. The van der Waals surface area contributed by atoms with Crippen molar-refractivity contribution in [3.05, 3.63) is 0 Å². The lowest BCUT2D eigenvalue weighted by Gasteiger charge is -2.35. The molecule has 120 valence electrons. The molecule has 2 unspecified atom stereocenters. The van der Waals surface area contributed by atoms with Crippen LogP contribution in [0.15, 0.2) is 0 Å². The first-order valence-electron chi connectivity index (χ1n) is 8.63. The summed E-state index contributed by atoms with van der Waals surface area (Å²) in [5.74, 6) is 1.10. The monoisotopic (exact) mass is 284 g/mol. The number of nitrogens with two attached hydrogens (primary N) is 1. The largest absolute Gasteiger partial charge is 0.388 e. The summed E-state index contributed by atoms with van der Waals surface area (Å²) in [6.45, 7) is 11.9. The summed E-state index contributed by atoms with van der Waals surface area (Å²) in [5.41, 5.74) is 5.21. The van der Waals surface area contributed by atoms with Crippen LogP contribution >= 0.6 is 0 Å². The van der Waals surface area contributed by atoms with E-state index in [1.54, 1.807) is 0 Å². The highest BCUT2D eigenvalue weighted by atomic mass is 16.3. The summed E-state index contributed by atoms with van der Waals surface area (Å²) < 4.78 is 0. The van der Waals surface area contributed by atoms with Gasteiger partial charge in [-0.25, -0.2) is 0 Å². The van der Waals surface area contributed by atoms with E-state index in [1.807, 2.05) is 0 Å². The van der Waals surface area contributed by atoms with E-state index in [9.17, 15) is 5.11 Å². The Morgan fingerprint density at radius 2 is 1.95 bits per heavy atom. The maximum absolute atomic E-state index is 10.6. The molecule has 0 radical (unpaired) electrons. The molecule has 0 bridgehead atoms. The average Bonchev–Trinajstić information content (AvgIpc) is 2.78. The molecule has 1 aliphatic carbocycles. The van der Waals surface area contributed by atoms with E-state index < -0.39 is 5.60 Å². The third-order valence-corrected chi connectivity index (χ3v) is 5.10. The number of aliphatic hydroxyl groups is 1. The van der Waals surface area contributed by atoms with Crippen LogP contribution in [0.3, 0.4) is 0 Å². The van der Waals surface area contributed by atoms with Gasteiger partial charge in [0.25, 0.3) is 0 Å². The zero-order valence-electron chi connectivity index (χ0n) is 14.1. The van der Waals surface area contributed by atoms with Gasteiger partial charge in [-0.1, -0.05) is 34.1 Å². The maximum atomic E-state index is 10.6. The minimum Gasteiger partial charge on any atom is -0.388 e. The summed E-state index contributed by atoms with van der Waals surface area (Å²) in [6.07, 6.45) is 6.70. The van der Waals surface area contributed by atoms with Crippen molar-refractivity contribution in [2.75, 3.05) is 19.6 Å². The van der Waals surface area contributed by atoms with Crippen molar-refractivity contribution in [3.8, 4) is 0 Å². The van der Waals surface area contributed by atoms with E-state index in [4.69, 9.17) is 5.73 Å². The summed E-state index contributed by atoms with van der Waals surface area (Å²) >= 11 is 0. The van der Waals surface area contributed by atoms with E-state index in [0.717, 1.165) is 32.2 Å². The molecule has 0 saturated heterocycles. The van der Waals surface area contributed by atoms with Crippen LogP contribution in [0.25, 0.3) is 0 Å². The Morgan fingerprint density at radius 3 is 2.45 bits per heavy atom. The molecule has 0 amide bonds.